The fourth-order valence-electron chi connectivity index (χ4n) is 1.19. The maximum Gasteiger partial charge on any atom is 0.236 e. The van der Waals surface area contributed by atoms with Crippen LogP contribution in [0.5, 0.6) is 0 Å². The lowest BCUT2D eigenvalue weighted by molar-refractivity contribution is -0.121. The SMILES string of the molecule is C[C@H](N)C(=O)NCCc1ccc(F)c(Br)c1.Cl. The number of nitrogens with one attached hydrogen (secondary N) is 1. The highest BCUT2D eigenvalue weighted by molar-refractivity contribution is 9.10. The van der Waals surface area contributed by atoms with Gasteiger partial charge in [0, 0.05) is 6.54 Å². The third-order valence-electron chi connectivity index (χ3n) is 2.11. The maximum absolute atomic E-state index is 12.9. The van der Waals surface area contributed by atoms with Crippen LogP contribution in [-0.2, 0) is 11.2 Å². The van der Waals surface area contributed by atoms with E-state index < -0.39 is 6.04 Å². The molecule has 1 aromatic rings. The molecule has 0 aromatic heterocycles. The van der Waals surface area contributed by atoms with Gasteiger partial charge in [-0.05, 0) is 47.0 Å². The molecule has 0 fully saturated rings. The number of amides is 1. The Bertz CT molecular complexity index is 388. The Hall–Kier alpha value is -0.650. The van der Waals surface area contributed by atoms with Crippen LogP contribution in [0.25, 0.3) is 0 Å². The van der Waals surface area contributed by atoms with Crippen molar-refractivity contribution in [3.05, 3.63) is 34.1 Å². The first kappa shape index (κ1) is 16.4. The van der Waals surface area contributed by atoms with E-state index in [1.807, 2.05) is 0 Å². The first-order valence-electron chi connectivity index (χ1n) is 4.98. The van der Waals surface area contributed by atoms with E-state index in [-0.39, 0.29) is 24.1 Å². The van der Waals surface area contributed by atoms with Crippen LogP contribution in [0.2, 0.25) is 0 Å². The molecule has 1 atom stereocenters. The van der Waals surface area contributed by atoms with Gasteiger partial charge in [-0.1, -0.05) is 6.07 Å². The normalized spacial score (nSPS) is 11.5. The van der Waals surface area contributed by atoms with Gasteiger partial charge in [-0.25, -0.2) is 4.39 Å². The summed E-state index contributed by atoms with van der Waals surface area (Å²) >= 11 is 3.11. The second-order valence-corrected chi connectivity index (χ2v) is 4.43. The summed E-state index contributed by atoms with van der Waals surface area (Å²) in [6.07, 6.45) is 0.650. The molecule has 3 N–H and O–H groups in total. The molecule has 6 heteroatoms. The molecule has 0 aliphatic rings. The molecule has 0 saturated carbocycles. The minimum absolute atomic E-state index is 0. The lowest BCUT2D eigenvalue weighted by Gasteiger charge is -2.07. The van der Waals surface area contributed by atoms with E-state index in [0.717, 1.165) is 5.56 Å². The molecule has 0 heterocycles. The smallest absolute Gasteiger partial charge is 0.236 e. The minimum atomic E-state index is -0.500. The van der Waals surface area contributed by atoms with Crippen molar-refractivity contribution in [3.63, 3.8) is 0 Å². The van der Waals surface area contributed by atoms with Crippen LogP contribution in [-0.4, -0.2) is 18.5 Å². The van der Waals surface area contributed by atoms with Gasteiger partial charge in [-0.15, -0.1) is 12.4 Å². The van der Waals surface area contributed by atoms with Crippen molar-refractivity contribution in [3.8, 4) is 0 Å². The second-order valence-electron chi connectivity index (χ2n) is 3.58. The number of nitrogens with two attached hydrogens (primary N) is 1. The molecule has 1 rings (SSSR count). The van der Waals surface area contributed by atoms with Gasteiger partial charge in [0.2, 0.25) is 5.91 Å². The summed E-state index contributed by atoms with van der Waals surface area (Å²) in [7, 11) is 0. The minimum Gasteiger partial charge on any atom is -0.354 e. The highest BCUT2D eigenvalue weighted by Crippen LogP contribution is 2.16. The quantitative estimate of drug-likeness (QED) is 0.890. The monoisotopic (exact) mass is 324 g/mol. The average molecular weight is 326 g/mol. The Balaban J connectivity index is 0.00000256. The second kappa shape index (κ2) is 7.63. The number of hydrogen-bond donors (Lipinski definition) is 2. The van der Waals surface area contributed by atoms with Crippen molar-refractivity contribution in [2.24, 2.45) is 5.73 Å². The average Bonchev–Trinajstić information content (AvgIpc) is 2.23. The summed E-state index contributed by atoms with van der Waals surface area (Å²) in [4.78, 5) is 11.1. The van der Waals surface area contributed by atoms with Gasteiger partial charge in [-0.2, -0.15) is 0 Å². The fraction of sp³-hybridized carbons (Fsp3) is 0.364. The largest absolute Gasteiger partial charge is 0.354 e. The topological polar surface area (TPSA) is 55.1 Å². The van der Waals surface area contributed by atoms with Crippen LogP contribution in [0.15, 0.2) is 22.7 Å². The van der Waals surface area contributed by atoms with Gasteiger partial charge < -0.3 is 11.1 Å². The molecule has 0 aliphatic heterocycles. The van der Waals surface area contributed by atoms with Gasteiger partial charge in [-0.3, -0.25) is 4.79 Å². The maximum atomic E-state index is 12.9. The number of hydrogen-bond acceptors (Lipinski definition) is 2. The van der Waals surface area contributed by atoms with Crippen LogP contribution in [0.1, 0.15) is 12.5 Å². The lowest BCUT2D eigenvalue weighted by atomic mass is 10.1. The van der Waals surface area contributed by atoms with Crippen LogP contribution < -0.4 is 11.1 Å². The summed E-state index contributed by atoms with van der Waals surface area (Å²) in [6.45, 7) is 2.13. The lowest BCUT2D eigenvalue weighted by Crippen LogP contribution is -2.39. The summed E-state index contributed by atoms with van der Waals surface area (Å²) < 4.78 is 13.4. The van der Waals surface area contributed by atoms with E-state index in [4.69, 9.17) is 5.73 Å². The van der Waals surface area contributed by atoms with Gasteiger partial charge in [0.1, 0.15) is 5.82 Å². The molecule has 0 radical (unpaired) electrons. The van der Waals surface area contributed by atoms with Crippen molar-refractivity contribution < 1.29 is 9.18 Å². The van der Waals surface area contributed by atoms with E-state index >= 15 is 0 Å². The zero-order valence-electron chi connectivity index (χ0n) is 9.37. The fourth-order valence-corrected chi connectivity index (χ4v) is 1.61. The van der Waals surface area contributed by atoms with E-state index in [0.29, 0.717) is 17.4 Å². The number of carbonyl (C=O) groups excluding carboxylic acids is 1. The Kier molecular flexibility index (Phi) is 7.34. The van der Waals surface area contributed by atoms with Crippen molar-refractivity contribution in [2.75, 3.05) is 6.54 Å². The predicted octanol–water partition coefficient (Wildman–Crippen LogP) is 2.02. The van der Waals surface area contributed by atoms with E-state index in [1.54, 1.807) is 19.1 Å². The first-order valence-corrected chi connectivity index (χ1v) is 5.77. The third kappa shape index (κ3) is 5.48. The number of rotatable bonds is 4. The first-order chi connectivity index (χ1) is 7.50. The third-order valence-corrected chi connectivity index (χ3v) is 2.72. The molecule has 0 bridgehead atoms. The van der Waals surface area contributed by atoms with Crippen molar-refractivity contribution in [2.45, 2.75) is 19.4 Å². The molecule has 17 heavy (non-hydrogen) atoms. The van der Waals surface area contributed by atoms with E-state index in [2.05, 4.69) is 21.2 Å². The van der Waals surface area contributed by atoms with Crippen molar-refractivity contribution in [1.82, 2.24) is 5.32 Å². The Labute approximate surface area is 114 Å². The van der Waals surface area contributed by atoms with Crippen LogP contribution >= 0.6 is 28.3 Å². The number of benzene rings is 1. The molecule has 1 amide bonds. The van der Waals surface area contributed by atoms with Gasteiger partial charge in [0.05, 0.1) is 10.5 Å². The van der Waals surface area contributed by atoms with Gasteiger partial charge in [0.15, 0.2) is 0 Å². The summed E-state index contributed by atoms with van der Waals surface area (Å²) in [5, 5.41) is 2.69. The summed E-state index contributed by atoms with van der Waals surface area (Å²) in [6, 6.07) is 4.29. The molecule has 0 spiro atoms. The molecule has 3 nitrogen and oxygen atoms in total. The Morgan fingerprint density at radius 1 is 1.59 bits per heavy atom. The highest BCUT2D eigenvalue weighted by Gasteiger charge is 2.06. The highest BCUT2D eigenvalue weighted by atomic mass is 79.9. The van der Waals surface area contributed by atoms with Crippen molar-refractivity contribution in [1.29, 1.82) is 0 Å². The standard InChI is InChI=1S/C11H14BrFN2O.ClH/c1-7(14)11(16)15-5-4-8-2-3-10(13)9(12)6-8;/h2-3,6-7H,4-5,14H2,1H3,(H,15,16);1H/t7-;/m0./s1. The molecular weight excluding hydrogens is 310 g/mol. The Morgan fingerprint density at radius 3 is 2.76 bits per heavy atom. The molecule has 0 unspecified atom stereocenters. The van der Waals surface area contributed by atoms with Gasteiger partial charge in [0.25, 0.3) is 0 Å². The summed E-state index contributed by atoms with van der Waals surface area (Å²) in [5.41, 5.74) is 6.35. The zero-order valence-corrected chi connectivity index (χ0v) is 11.8. The number of carbonyl (C=O) groups is 1. The molecule has 0 saturated heterocycles. The zero-order chi connectivity index (χ0) is 12.1. The van der Waals surface area contributed by atoms with Crippen LogP contribution in [0.4, 0.5) is 4.39 Å². The van der Waals surface area contributed by atoms with Crippen LogP contribution in [0, 0.1) is 5.82 Å². The molecule has 1 aromatic carbocycles. The number of halogens is 3. The van der Waals surface area contributed by atoms with Crippen molar-refractivity contribution >= 4 is 34.2 Å². The Morgan fingerprint density at radius 2 is 2.24 bits per heavy atom. The molecule has 96 valence electrons. The molecule has 0 aliphatic carbocycles. The van der Waals surface area contributed by atoms with E-state index in [9.17, 15) is 9.18 Å². The van der Waals surface area contributed by atoms with Crippen LogP contribution in [0.3, 0.4) is 0 Å². The summed E-state index contributed by atoms with van der Waals surface area (Å²) in [5.74, 6) is -0.468. The van der Waals surface area contributed by atoms with Gasteiger partial charge >= 0.3 is 0 Å². The molecular formula is C11H15BrClFN2O. The predicted molar refractivity (Wildman–Crippen MR) is 71.7 cm³/mol. The van der Waals surface area contributed by atoms with E-state index in [1.165, 1.54) is 6.07 Å².